The molecule has 0 saturated carbocycles. The molecular weight excluding hydrogens is 319 g/mol. The Morgan fingerprint density at radius 1 is 0.381 bits per heavy atom. The van der Waals surface area contributed by atoms with Crippen molar-refractivity contribution in [2.45, 2.75) is 127 Å². The van der Waals surface area contributed by atoms with Gasteiger partial charge in [-0.15, -0.1) is 0 Å². The van der Waals surface area contributed by atoms with E-state index < -0.39 is 0 Å². The second-order valence-corrected chi connectivity index (χ2v) is 9.13. The van der Waals surface area contributed by atoms with Gasteiger partial charge in [0.25, 0.3) is 0 Å². The third-order valence-corrected chi connectivity index (χ3v) is 6.71. The van der Waals surface area contributed by atoms with E-state index >= 15 is 0 Å². The van der Waals surface area contributed by atoms with Gasteiger partial charge < -0.3 is 0 Å². The van der Waals surface area contributed by atoms with E-state index in [4.69, 9.17) is 0 Å². The second-order valence-electron chi connectivity index (χ2n) is 6.56. The Kier molecular flexibility index (Phi) is 21.0. The molecule has 128 valence electrons. The molecule has 0 radical (unpaired) electrons. The maximum absolute atomic E-state index is 2.30. The van der Waals surface area contributed by atoms with Crippen LogP contribution in [0.25, 0.3) is 0 Å². The molecule has 0 rings (SSSR count). The van der Waals surface area contributed by atoms with E-state index in [2.05, 4.69) is 13.8 Å². The Morgan fingerprint density at radius 3 is 1.00 bits per heavy atom. The average Bonchev–Trinajstić information content (AvgIpc) is 2.50. The predicted octanol–water partition coefficient (Wildman–Crippen LogP) is 7.81. The quantitative estimate of drug-likeness (QED) is 0.172. The minimum absolute atomic E-state index is 0.963. The van der Waals surface area contributed by atoms with Crippen LogP contribution >= 0.6 is 0 Å². The number of hydrogen-bond acceptors (Lipinski definition) is 0. The van der Waals surface area contributed by atoms with Gasteiger partial charge in [0, 0.05) is 0 Å². The Balaban J connectivity index is 2.90. The Hall–Kier alpha value is 0.519. The van der Waals surface area contributed by atoms with E-state index in [9.17, 15) is 0 Å². The molecule has 0 bridgehead atoms. The first-order valence-corrected chi connectivity index (χ1v) is 12.4. The van der Waals surface area contributed by atoms with E-state index in [0.717, 1.165) is 15.0 Å². The Morgan fingerprint density at radius 2 is 0.667 bits per heavy atom. The molecule has 0 aromatic rings. The van der Waals surface area contributed by atoms with Crippen LogP contribution in [0.2, 0.25) is 10.6 Å². The van der Waals surface area contributed by atoms with E-state index in [-0.39, 0.29) is 0 Å². The molecule has 0 unspecified atom stereocenters. The fraction of sp³-hybridized carbons (Fsp3) is 1.00. The van der Waals surface area contributed by atoms with Gasteiger partial charge >= 0.3 is 142 Å². The van der Waals surface area contributed by atoms with Gasteiger partial charge in [-0.3, -0.25) is 0 Å². The van der Waals surface area contributed by atoms with Gasteiger partial charge in [0.05, 0.1) is 0 Å². The fourth-order valence-electron chi connectivity index (χ4n) is 2.78. The molecule has 0 aliphatic heterocycles. The molecule has 0 aliphatic rings. The minimum atomic E-state index is 0.963. The molecule has 0 N–H and O–H groups in total. The van der Waals surface area contributed by atoms with Crippen LogP contribution < -0.4 is 0 Å². The summed E-state index contributed by atoms with van der Waals surface area (Å²) in [6, 6.07) is 0. The first kappa shape index (κ1) is 21.5. The van der Waals surface area contributed by atoms with Crippen LogP contribution in [-0.2, 0) is 0 Å². The molecule has 0 heterocycles. The normalized spacial score (nSPS) is 11.1. The zero-order valence-electron chi connectivity index (χ0n) is 15.1. The number of rotatable bonds is 18. The van der Waals surface area contributed by atoms with Crippen molar-refractivity contribution < 1.29 is 0 Å². The molecular formula is C20H42Se. The molecule has 0 aromatic carbocycles. The van der Waals surface area contributed by atoms with Crippen molar-refractivity contribution in [2.24, 2.45) is 0 Å². The standard InChI is InChI=1S/C20H42Se/c1-3-5-7-9-11-13-15-17-19-21-20-18-16-14-12-10-8-6-4-2/h3-20H2,1-2H3. The SMILES string of the molecule is CCCCCCCCCC[Se]CCCCCCCCCC. The van der Waals surface area contributed by atoms with Crippen LogP contribution in [0.5, 0.6) is 0 Å². The molecule has 0 nitrogen and oxygen atoms in total. The summed E-state index contributed by atoms with van der Waals surface area (Å²) in [5.41, 5.74) is 0. The van der Waals surface area contributed by atoms with Gasteiger partial charge in [-0.05, 0) is 0 Å². The fourth-order valence-corrected chi connectivity index (χ4v) is 4.92. The van der Waals surface area contributed by atoms with Crippen LogP contribution in [0.1, 0.15) is 117 Å². The summed E-state index contributed by atoms with van der Waals surface area (Å²) in [7, 11) is 0. The van der Waals surface area contributed by atoms with Crippen molar-refractivity contribution in [3.05, 3.63) is 0 Å². The summed E-state index contributed by atoms with van der Waals surface area (Å²) >= 11 is 0.963. The summed E-state index contributed by atoms with van der Waals surface area (Å²) in [6.07, 6.45) is 23.6. The summed E-state index contributed by atoms with van der Waals surface area (Å²) < 4.78 is 0. The molecule has 21 heavy (non-hydrogen) atoms. The first-order valence-electron chi connectivity index (χ1n) is 9.99. The van der Waals surface area contributed by atoms with Crippen LogP contribution in [0.4, 0.5) is 0 Å². The number of unbranched alkanes of at least 4 members (excludes halogenated alkanes) is 14. The molecule has 0 spiro atoms. The summed E-state index contributed by atoms with van der Waals surface area (Å²) in [5, 5.41) is 3.11. The number of hydrogen-bond donors (Lipinski definition) is 0. The average molecular weight is 362 g/mol. The third kappa shape index (κ3) is 20.5. The second kappa shape index (κ2) is 20.5. The van der Waals surface area contributed by atoms with Crippen molar-refractivity contribution in [3.63, 3.8) is 0 Å². The molecule has 0 amide bonds. The third-order valence-electron chi connectivity index (χ3n) is 4.28. The predicted molar refractivity (Wildman–Crippen MR) is 101 cm³/mol. The van der Waals surface area contributed by atoms with Crippen LogP contribution in [0.15, 0.2) is 0 Å². The first-order chi connectivity index (χ1) is 10.4. The van der Waals surface area contributed by atoms with Crippen molar-refractivity contribution in [2.75, 3.05) is 0 Å². The summed E-state index contributed by atoms with van der Waals surface area (Å²) in [5.74, 6) is 0. The van der Waals surface area contributed by atoms with E-state index in [0.29, 0.717) is 0 Å². The van der Waals surface area contributed by atoms with Gasteiger partial charge in [0.15, 0.2) is 0 Å². The zero-order valence-corrected chi connectivity index (χ0v) is 16.8. The van der Waals surface area contributed by atoms with Crippen LogP contribution in [-0.4, -0.2) is 15.0 Å². The van der Waals surface area contributed by atoms with E-state index in [1.54, 1.807) is 10.6 Å². The monoisotopic (exact) mass is 362 g/mol. The van der Waals surface area contributed by atoms with Gasteiger partial charge in [-0.25, -0.2) is 0 Å². The molecule has 0 aliphatic carbocycles. The molecule has 1 heteroatoms. The van der Waals surface area contributed by atoms with Crippen molar-refractivity contribution >= 4 is 15.0 Å². The van der Waals surface area contributed by atoms with Crippen LogP contribution in [0.3, 0.4) is 0 Å². The van der Waals surface area contributed by atoms with Crippen molar-refractivity contribution in [1.82, 2.24) is 0 Å². The zero-order chi connectivity index (χ0) is 15.4. The van der Waals surface area contributed by atoms with Gasteiger partial charge in [-0.1, -0.05) is 0 Å². The van der Waals surface area contributed by atoms with E-state index in [1.807, 2.05) is 0 Å². The Labute approximate surface area is 142 Å². The van der Waals surface area contributed by atoms with Gasteiger partial charge in [0.2, 0.25) is 0 Å². The molecule has 0 fully saturated rings. The maximum atomic E-state index is 2.30. The van der Waals surface area contributed by atoms with Gasteiger partial charge in [0.1, 0.15) is 0 Å². The topological polar surface area (TPSA) is 0 Å². The van der Waals surface area contributed by atoms with Gasteiger partial charge in [-0.2, -0.15) is 0 Å². The molecule has 0 saturated heterocycles. The van der Waals surface area contributed by atoms with Crippen molar-refractivity contribution in [1.29, 1.82) is 0 Å². The summed E-state index contributed by atoms with van der Waals surface area (Å²) in [6.45, 7) is 4.60. The Bertz CT molecular complexity index is 149. The van der Waals surface area contributed by atoms with Crippen molar-refractivity contribution in [3.8, 4) is 0 Å². The molecule has 0 aromatic heterocycles. The van der Waals surface area contributed by atoms with E-state index in [1.165, 1.54) is 103 Å². The summed E-state index contributed by atoms with van der Waals surface area (Å²) in [4.78, 5) is 0. The molecule has 0 atom stereocenters. The van der Waals surface area contributed by atoms with Crippen LogP contribution in [0, 0.1) is 0 Å².